The number of rotatable bonds is 7. The Balaban J connectivity index is 2.59. The maximum absolute atomic E-state index is 6.17. The van der Waals surface area contributed by atoms with Crippen molar-refractivity contribution in [3.63, 3.8) is 0 Å². The average Bonchev–Trinajstić information content (AvgIpc) is 2.29. The number of benzene rings is 1. The topological polar surface area (TPSA) is 21.3 Å². The molecule has 4 heteroatoms. The van der Waals surface area contributed by atoms with E-state index in [0.29, 0.717) is 0 Å². The van der Waals surface area contributed by atoms with Crippen molar-refractivity contribution in [3.8, 4) is 0 Å². The first kappa shape index (κ1) is 13.8. The van der Waals surface area contributed by atoms with Gasteiger partial charge in [-0.25, -0.2) is 0 Å². The number of thioether (sulfide) groups is 1. The van der Waals surface area contributed by atoms with Crippen molar-refractivity contribution < 1.29 is 4.74 Å². The SMILES string of the molecule is CNCc1c(Cl)cccc1SCCCOC. The van der Waals surface area contributed by atoms with Gasteiger partial charge in [0.15, 0.2) is 0 Å². The van der Waals surface area contributed by atoms with Gasteiger partial charge in [-0.05, 0) is 31.2 Å². The molecule has 0 spiro atoms. The fraction of sp³-hybridized carbons (Fsp3) is 0.500. The summed E-state index contributed by atoms with van der Waals surface area (Å²) in [5.41, 5.74) is 1.19. The largest absolute Gasteiger partial charge is 0.385 e. The molecule has 0 radical (unpaired) electrons. The number of methoxy groups -OCH3 is 1. The summed E-state index contributed by atoms with van der Waals surface area (Å²) < 4.78 is 5.03. The van der Waals surface area contributed by atoms with Crippen LogP contribution in [-0.4, -0.2) is 26.5 Å². The molecule has 0 atom stereocenters. The van der Waals surface area contributed by atoms with Gasteiger partial charge in [0, 0.05) is 35.9 Å². The molecule has 0 fully saturated rings. The van der Waals surface area contributed by atoms with E-state index in [1.807, 2.05) is 30.9 Å². The molecule has 0 heterocycles. The fourth-order valence-corrected chi connectivity index (χ4v) is 2.72. The van der Waals surface area contributed by atoms with E-state index < -0.39 is 0 Å². The van der Waals surface area contributed by atoms with Crippen molar-refractivity contribution in [2.24, 2.45) is 0 Å². The lowest BCUT2D eigenvalue weighted by Gasteiger charge is -2.10. The van der Waals surface area contributed by atoms with E-state index in [1.165, 1.54) is 10.5 Å². The van der Waals surface area contributed by atoms with Crippen molar-refractivity contribution in [2.45, 2.75) is 17.9 Å². The first-order chi connectivity index (χ1) is 7.79. The van der Waals surface area contributed by atoms with Crippen LogP contribution in [0.1, 0.15) is 12.0 Å². The van der Waals surface area contributed by atoms with Crippen LogP contribution < -0.4 is 5.32 Å². The third-order valence-corrected chi connectivity index (χ3v) is 3.72. The lowest BCUT2D eigenvalue weighted by molar-refractivity contribution is 0.200. The van der Waals surface area contributed by atoms with Gasteiger partial charge in [0.2, 0.25) is 0 Å². The predicted octanol–water partition coefficient (Wildman–Crippen LogP) is 3.19. The molecule has 0 aromatic heterocycles. The van der Waals surface area contributed by atoms with Gasteiger partial charge in [0.1, 0.15) is 0 Å². The maximum atomic E-state index is 6.17. The molecule has 0 aliphatic heterocycles. The first-order valence-corrected chi connectivity index (χ1v) is 6.69. The van der Waals surface area contributed by atoms with Crippen molar-refractivity contribution in [2.75, 3.05) is 26.5 Å². The summed E-state index contributed by atoms with van der Waals surface area (Å²) in [4.78, 5) is 1.26. The van der Waals surface area contributed by atoms with Crippen LogP contribution in [0.3, 0.4) is 0 Å². The summed E-state index contributed by atoms with van der Waals surface area (Å²) in [7, 11) is 3.67. The molecule has 16 heavy (non-hydrogen) atoms. The Labute approximate surface area is 107 Å². The van der Waals surface area contributed by atoms with Crippen LogP contribution in [0.2, 0.25) is 5.02 Å². The second kappa shape index (κ2) is 7.96. The highest BCUT2D eigenvalue weighted by Crippen LogP contribution is 2.28. The molecular formula is C12H18ClNOS. The molecule has 0 aliphatic rings. The van der Waals surface area contributed by atoms with Crippen molar-refractivity contribution in [1.29, 1.82) is 0 Å². The van der Waals surface area contributed by atoms with Crippen LogP contribution in [0.15, 0.2) is 23.1 Å². The first-order valence-electron chi connectivity index (χ1n) is 5.33. The summed E-state index contributed by atoms with van der Waals surface area (Å²) in [6, 6.07) is 6.06. The lowest BCUT2D eigenvalue weighted by Crippen LogP contribution is -2.07. The Kier molecular flexibility index (Phi) is 6.88. The smallest absolute Gasteiger partial charge is 0.0470 e. The van der Waals surface area contributed by atoms with Gasteiger partial charge in [-0.1, -0.05) is 17.7 Å². The summed E-state index contributed by atoms with van der Waals surface area (Å²) in [5.74, 6) is 1.06. The van der Waals surface area contributed by atoms with Gasteiger partial charge in [-0.2, -0.15) is 0 Å². The second-order valence-corrected chi connectivity index (χ2v) is 4.99. The van der Waals surface area contributed by atoms with Crippen LogP contribution in [0.4, 0.5) is 0 Å². The standard InChI is InChI=1S/C12H18ClNOS/c1-14-9-10-11(13)5-3-6-12(10)16-8-4-7-15-2/h3,5-6,14H,4,7-9H2,1-2H3. The summed E-state index contributed by atoms with van der Waals surface area (Å²) >= 11 is 8.01. The van der Waals surface area contributed by atoms with Crippen molar-refractivity contribution >= 4 is 23.4 Å². The molecule has 2 nitrogen and oxygen atoms in total. The van der Waals surface area contributed by atoms with Gasteiger partial charge in [0.25, 0.3) is 0 Å². The molecule has 90 valence electrons. The van der Waals surface area contributed by atoms with E-state index in [9.17, 15) is 0 Å². The van der Waals surface area contributed by atoms with E-state index in [0.717, 1.165) is 30.3 Å². The Morgan fingerprint density at radius 3 is 2.94 bits per heavy atom. The number of halogens is 1. The number of ether oxygens (including phenoxy) is 1. The van der Waals surface area contributed by atoms with Crippen LogP contribution in [0, 0.1) is 0 Å². The fourth-order valence-electron chi connectivity index (χ4n) is 1.41. The zero-order valence-electron chi connectivity index (χ0n) is 9.75. The van der Waals surface area contributed by atoms with Crippen molar-refractivity contribution in [3.05, 3.63) is 28.8 Å². The molecule has 0 unspecified atom stereocenters. The Morgan fingerprint density at radius 1 is 1.44 bits per heavy atom. The van der Waals surface area contributed by atoms with Crippen LogP contribution in [0.5, 0.6) is 0 Å². The molecular weight excluding hydrogens is 242 g/mol. The predicted molar refractivity (Wildman–Crippen MR) is 71.4 cm³/mol. The quantitative estimate of drug-likeness (QED) is 0.600. The molecule has 1 aromatic rings. The zero-order valence-corrected chi connectivity index (χ0v) is 11.3. The highest BCUT2D eigenvalue weighted by molar-refractivity contribution is 7.99. The normalized spacial score (nSPS) is 10.7. The molecule has 0 saturated carbocycles. The van der Waals surface area contributed by atoms with E-state index in [4.69, 9.17) is 16.3 Å². The van der Waals surface area contributed by atoms with Crippen LogP contribution in [0.25, 0.3) is 0 Å². The maximum Gasteiger partial charge on any atom is 0.0470 e. The van der Waals surface area contributed by atoms with Gasteiger partial charge < -0.3 is 10.1 Å². The van der Waals surface area contributed by atoms with Gasteiger partial charge in [-0.15, -0.1) is 11.8 Å². The lowest BCUT2D eigenvalue weighted by atomic mass is 10.2. The third kappa shape index (κ3) is 4.34. The number of hydrogen-bond acceptors (Lipinski definition) is 3. The third-order valence-electron chi connectivity index (χ3n) is 2.18. The average molecular weight is 260 g/mol. The second-order valence-electron chi connectivity index (χ2n) is 3.44. The molecule has 0 bridgehead atoms. The molecule has 0 saturated heterocycles. The van der Waals surface area contributed by atoms with Crippen molar-refractivity contribution in [1.82, 2.24) is 5.32 Å². The van der Waals surface area contributed by atoms with Gasteiger partial charge in [-0.3, -0.25) is 0 Å². The highest BCUT2D eigenvalue weighted by Gasteiger charge is 2.06. The minimum atomic E-state index is 0.812. The Morgan fingerprint density at radius 2 is 2.25 bits per heavy atom. The monoisotopic (exact) mass is 259 g/mol. The molecule has 1 N–H and O–H groups in total. The zero-order chi connectivity index (χ0) is 11.8. The van der Waals surface area contributed by atoms with Gasteiger partial charge >= 0.3 is 0 Å². The highest BCUT2D eigenvalue weighted by atomic mass is 35.5. The molecule has 0 amide bonds. The van der Waals surface area contributed by atoms with E-state index in [-0.39, 0.29) is 0 Å². The minimum Gasteiger partial charge on any atom is -0.385 e. The number of nitrogens with one attached hydrogen (secondary N) is 1. The van der Waals surface area contributed by atoms with E-state index in [1.54, 1.807) is 7.11 Å². The minimum absolute atomic E-state index is 0.812. The summed E-state index contributed by atoms with van der Waals surface area (Å²) in [5, 5.41) is 3.98. The van der Waals surface area contributed by atoms with Gasteiger partial charge in [0.05, 0.1) is 0 Å². The van der Waals surface area contributed by atoms with Crippen LogP contribution >= 0.6 is 23.4 Å². The van der Waals surface area contributed by atoms with Crippen LogP contribution in [-0.2, 0) is 11.3 Å². The molecule has 1 aromatic carbocycles. The number of hydrogen-bond donors (Lipinski definition) is 1. The summed E-state index contributed by atoms with van der Waals surface area (Å²) in [6.07, 6.45) is 1.06. The summed E-state index contributed by atoms with van der Waals surface area (Å²) in [6.45, 7) is 1.63. The van der Waals surface area contributed by atoms with E-state index in [2.05, 4.69) is 11.4 Å². The molecule has 1 rings (SSSR count). The van der Waals surface area contributed by atoms with E-state index >= 15 is 0 Å². The molecule has 0 aliphatic carbocycles. The Bertz CT molecular complexity index is 320. The Hall–Kier alpha value is -0.220.